The number of H-pyrrole nitrogens is 1. The lowest BCUT2D eigenvalue weighted by Gasteiger charge is -2.07. The van der Waals surface area contributed by atoms with Crippen molar-refractivity contribution in [3.8, 4) is 5.69 Å². The first-order chi connectivity index (χ1) is 10.4. The lowest BCUT2D eigenvalue weighted by molar-refractivity contribution is -0.384. The molecule has 0 radical (unpaired) electrons. The molecule has 0 saturated heterocycles. The van der Waals surface area contributed by atoms with Gasteiger partial charge in [-0.3, -0.25) is 24.5 Å². The fourth-order valence-electron chi connectivity index (χ4n) is 1.75. The maximum absolute atomic E-state index is 11.8. The van der Waals surface area contributed by atoms with Crippen LogP contribution >= 0.6 is 0 Å². The van der Waals surface area contributed by atoms with Gasteiger partial charge in [0.05, 0.1) is 17.2 Å². The molecule has 0 amide bonds. The summed E-state index contributed by atoms with van der Waals surface area (Å²) in [6.45, 7) is 1.66. The standard InChI is InChI=1S/C13H11N3O6/c1-2-22-12(18)10-7-15(13(19)14-11(10)17)8-3-5-9(6-4-8)16(20)21/h3-7H,2H2,1H3,(H,14,17,19). The fourth-order valence-corrected chi connectivity index (χ4v) is 1.75. The predicted octanol–water partition coefficient (Wildman–Crippen LogP) is 0.611. The second-order valence-corrected chi connectivity index (χ2v) is 4.17. The minimum atomic E-state index is -0.862. The highest BCUT2D eigenvalue weighted by molar-refractivity contribution is 5.88. The number of esters is 1. The molecule has 0 spiro atoms. The molecule has 1 N–H and O–H groups in total. The van der Waals surface area contributed by atoms with Gasteiger partial charge in [0, 0.05) is 18.3 Å². The zero-order valence-corrected chi connectivity index (χ0v) is 11.4. The number of carbonyl (C=O) groups is 1. The van der Waals surface area contributed by atoms with Crippen molar-refractivity contribution >= 4 is 11.7 Å². The maximum Gasteiger partial charge on any atom is 0.345 e. The summed E-state index contributed by atoms with van der Waals surface area (Å²) in [7, 11) is 0. The number of aromatic nitrogens is 2. The normalized spacial score (nSPS) is 10.2. The van der Waals surface area contributed by atoms with E-state index >= 15 is 0 Å². The molecule has 0 atom stereocenters. The van der Waals surface area contributed by atoms with Crippen LogP contribution in [0.25, 0.3) is 5.69 Å². The number of nitrogens with one attached hydrogen (secondary N) is 1. The first-order valence-electron chi connectivity index (χ1n) is 6.22. The highest BCUT2D eigenvalue weighted by Crippen LogP contribution is 2.13. The second kappa shape index (κ2) is 6.04. The van der Waals surface area contributed by atoms with Crippen molar-refractivity contribution in [3.63, 3.8) is 0 Å². The van der Waals surface area contributed by atoms with E-state index in [1.807, 2.05) is 4.98 Å². The number of benzene rings is 1. The number of aromatic amines is 1. The fraction of sp³-hybridized carbons (Fsp3) is 0.154. The van der Waals surface area contributed by atoms with E-state index in [9.17, 15) is 24.5 Å². The maximum atomic E-state index is 11.8. The van der Waals surface area contributed by atoms with E-state index in [1.54, 1.807) is 6.92 Å². The molecule has 0 aliphatic heterocycles. The highest BCUT2D eigenvalue weighted by Gasteiger charge is 2.15. The number of hydrogen-bond acceptors (Lipinski definition) is 6. The van der Waals surface area contributed by atoms with Gasteiger partial charge in [0.25, 0.3) is 11.2 Å². The average Bonchev–Trinajstić information content (AvgIpc) is 2.47. The van der Waals surface area contributed by atoms with E-state index in [2.05, 4.69) is 0 Å². The Morgan fingerprint density at radius 3 is 2.50 bits per heavy atom. The van der Waals surface area contributed by atoms with Crippen molar-refractivity contribution in [1.82, 2.24) is 9.55 Å². The summed E-state index contributed by atoms with van der Waals surface area (Å²) in [6, 6.07) is 5.06. The molecule has 9 nitrogen and oxygen atoms in total. The molecule has 0 bridgehead atoms. The minimum Gasteiger partial charge on any atom is -0.462 e. The quantitative estimate of drug-likeness (QED) is 0.501. The zero-order chi connectivity index (χ0) is 16.3. The third-order valence-electron chi connectivity index (χ3n) is 2.78. The van der Waals surface area contributed by atoms with Gasteiger partial charge >= 0.3 is 11.7 Å². The van der Waals surface area contributed by atoms with Crippen LogP contribution in [0.4, 0.5) is 5.69 Å². The molecule has 9 heteroatoms. The number of hydrogen-bond donors (Lipinski definition) is 1. The van der Waals surface area contributed by atoms with Gasteiger partial charge in [0.15, 0.2) is 0 Å². The number of nitro groups is 1. The Morgan fingerprint density at radius 2 is 1.95 bits per heavy atom. The molecule has 0 unspecified atom stereocenters. The average molecular weight is 305 g/mol. The first kappa shape index (κ1) is 15.2. The van der Waals surface area contributed by atoms with E-state index in [4.69, 9.17) is 4.74 Å². The van der Waals surface area contributed by atoms with Crippen LogP contribution in [0.5, 0.6) is 0 Å². The monoisotopic (exact) mass is 305 g/mol. The third kappa shape index (κ3) is 2.92. The van der Waals surface area contributed by atoms with E-state index in [-0.39, 0.29) is 23.5 Å². The van der Waals surface area contributed by atoms with Gasteiger partial charge in [-0.05, 0) is 19.1 Å². The van der Waals surface area contributed by atoms with Crippen LogP contribution in [0.3, 0.4) is 0 Å². The van der Waals surface area contributed by atoms with Crippen LogP contribution in [0, 0.1) is 10.1 Å². The van der Waals surface area contributed by atoms with Crippen molar-refractivity contribution in [2.45, 2.75) is 6.92 Å². The summed E-state index contributed by atoms with van der Waals surface area (Å²) in [4.78, 5) is 47.1. The summed E-state index contributed by atoms with van der Waals surface area (Å²) >= 11 is 0. The third-order valence-corrected chi connectivity index (χ3v) is 2.78. The molecular weight excluding hydrogens is 294 g/mol. The van der Waals surface area contributed by atoms with Crippen molar-refractivity contribution < 1.29 is 14.5 Å². The van der Waals surface area contributed by atoms with Gasteiger partial charge in [-0.1, -0.05) is 0 Å². The number of rotatable bonds is 4. The number of nitrogens with zero attached hydrogens (tertiary/aromatic N) is 2. The van der Waals surface area contributed by atoms with E-state index in [1.165, 1.54) is 24.3 Å². The zero-order valence-electron chi connectivity index (χ0n) is 11.4. The van der Waals surface area contributed by atoms with E-state index in [0.717, 1.165) is 10.8 Å². The number of carbonyl (C=O) groups excluding carboxylic acids is 1. The number of nitro benzene ring substituents is 1. The summed E-state index contributed by atoms with van der Waals surface area (Å²) < 4.78 is 5.72. The largest absolute Gasteiger partial charge is 0.462 e. The molecule has 0 aliphatic rings. The minimum absolute atomic E-state index is 0.0783. The van der Waals surface area contributed by atoms with Gasteiger partial charge in [0.1, 0.15) is 5.56 Å². The Hall–Kier alpha value is -3.23. The predicted molar refractivity (Wildman–Crippen MR) is 75.3 cm³/mol. The number of non-ortho nitro benzene ring substituents is 1. The van der Waals surface area contributed by atoms with Crippen molar-refractivity contribution in [1.29, 1.82) is 0 Å². The van der Waals surface area contributed by atoms with Crippen LogP contribution in [0.2, 0.25) is 0 Å². The van der Waals surface area contributed by atoms with E-state index < -0.39 is 22.1 Å². The summed E-state index contributed by atoms with van der Waals surface area (Å²) in [5.74, 6) is -0.862. The Labute approximate surface area is 122 Å². The highest BCUT2D eigenvalue weighted by atomic mass is 16.6. The molecule has 1 heterocycles. The van der Waals surface area contributed by atoms with Gasteiger partial charge in [-0.2, -0.15) is 0 Å². The molecule has 2 rings (SSSR count). The molecular formula is C13H11N3O6. The van der Waals surface area contributed by atoms with Gasteiger partial charge in [-0.25, -0.2) is 9.59 Å². The van der Waals surface area contributed by atoms with Gasteiger partial charge in [-0.15, -0.1) is 0 Å². The van der Waals surface area contributed by atoms with Crippen LogP contribution in [0.15, 0.2) is 40.1 Å². The van der Waals surface area contributed by atoms with Crippen LogP contribution < -0.4 is 11.2 Å². The Bertz CT molecular complexity index is 834. The molecule has 114 valence electrons. The van der Waals surface area contributed by atoms with Crippen LogP contribution in [-0.4, -0.2) is 27.1 Å². The number of ether oxygens (including phenoxy) is 1. The Kier molecular flexibility index (Phi) is 4.16. The Balaban J connectivity index is 2.53. The van der Waals surface area contributed by atoms with Crippen molar-refractivity contribution in [3.05, 3.63) is 67.0 Å². The molecule has 1 aromatic heterocycles. The van der Waals surface area contributed by atoms with Gasteiger partial charge in [0.2, 0.25) is 0 Å². The van der Waals surface area contributed by atoms with Crippen LogP contribution in [-0.2, 0) is 4.74 Å². The topological polar surface area (TPSA) is 124 Å². The molecule has 0 fully saturated rings. The molecule has 0 saturated carbocycles. The molecule has 0 aliphatic carbocycles. The summed E-state index contributed by atoms with van der Waals surface area (Å²) in [5, 5.41) is 10.6. The lowest BCUT2D eigenvalue weighted by Crippen LogP contribution is -2.33. The van der Waals surface area contributed by atoms with Crippen LogP contribution in [0.1, 0.15) is 17.3 Å². The first-order valence-corrected chi connectivity index (χ1v) is 6.22. The summed E-state index contributed by atoms with van der Waals surface area (Å²) in [6.07, 6.45) is 1.04. The lowest BCUT2D eigenvalue weighted by atomic mass is 10.2. The van der Waals surface area contributed by atoms with Crippen molar-refractivity contribution in [2.24, 2.45) is 0 Å². The smallest absolute Gasteiger partial charge is 0.345 e. The summed E-state index contributed by atoms with van der Waals surface area (Å²) in [5.41, 5.74) is -1.85. The SMILES string of the molecule is CCOC(=O)c1cn(-c2ccc([N+](=O)[O-])cc2)c(=O)[nH]c1=O. The Morgan fingerprint density at radius 1 is 1.32 bits per heavy atom. The molecule has 1 aromatic carbocycles. The van der Waals surface area contributed by atoms with E-state index in [0.29, 0.717) is 0 Å². The van der Waals surface area contributed by atoms with Crippen molar-refractivity contribution in [2.75, 3.05) is 6.61 Å². The molecule has 2 aromatic rings. The van der Waals surface area contributed by atoms with Gasteiger partial charge < -0.3 is 4.74 Å². The second-order valence-electron chi connectivity index (χ2n) is 4.17. The molecule has 22 heavy (non-hydrogen) atoms.